The molecule has 0 amide bonds. The normalized spacial score (nSPS) is 11.5. The fourth-order valence-electron chi connectivity index (χ4n) is 1.32. The molecule has 0 aliphatic heterocycles. The molecule has 0 aromatic rings. The lowest BCUT2D eigenvalue weighted by atomic mass is 10.0. The van der Waals surface area contributed by atoms with Crippen LogP contribution < -0.4 is 0 Å². The summed E-state index contributed by atoms with van der Waals surface area (Å²) in [5.41, 5.74) is 1.35. The summed E-state index contributed by atoms with van der Waals surface area (Å²) >= 11 is 0. The van der Waals surface area contributed by atoms with Gasteiger partial charge in [-0.25, -0.2) is 4.79 Å². The Hall–Kier alpha value is -1.25. The zero-order valence-corrected chi connectivity index (χ0v) is 11.4. The molecule has 0 heterocycles. The van der Waals surface area contributed by atoms with E-state index in [1.807, 2.05) is 0 Å². The molecule has 98 valence electrons. The molecule has 0 fully saturated rings. The van der Waals surface area contributed by atoms with Gasteiger partial charge in [-0.05, 0) is 46.0 Å². The van der Waals surface area contributed by atoms with Crippen molar-refractivity contribution in [1.29, 1.82) is 0 Å². The van der Waals surface area contributed by atoms with Crippen LogP contribution in [-0.4, -0.2) is 12.8 Å². The van der Waals surface area contributed by atoms with Crippen molar-refractivity contribution in [2.75, 3.05) is 6.61 Å². The van der Waals surface area contributed by atoms with E-state index >= 15 is 0 Å². The molecule has 0 rings (SSSR count). The predicted octanol–water partition coefficient (Wildman–Crippen LogP) is 4.45. The Kier molecular flexibility index (Phi) is 8.20. The van der Waals surface area contributed by atoms with E-state index in [2.05, 4.69) is 38.2 Å². The summed E-state index contributed by atoms with van der Waals surface area (Å²) in [5.74, 6) is 0.898. The molecule has 1 atom stereocenters. The van der Waals surface area contributed by atoms with Crippen molar-refractivity contribution in [3.05, 3.63) is 24.0 Å². The number of hydrogen-bond donors (Lipinski definition) is 0. The topological polar surface area (TPSA) is 35.5 Å². The van der Waals surface area contributed by atoms with Crippen LogP contribution in [0.15, 0.2) is 24.0 Å². The summed E-state index contributed by atoms with van der Waals surface area (Å²) in [5, 5.41) is 0. The molecule has 3 nitrogen and oxygen atoms in total. The van der Waals surface area contributed by atoms with Gasteiger partial charge < -0.3 is 9.47 Å². The number of allylic oxidation sites excluding steroid dienone is 3. The SMILES string of the molecule is C=C(C)OC(=O)OCCC(C)CCC=C(C)C. The number of ether oxygens (including phenoxy) is 2. The standard InChI is InChI=1S/C14H24O3/c1-11(2)7-6-8-13(5)9-10-16-14(15)17-12(3)4/h7,13H,3,6,8-10H2,1-2,4-5H3. The highest BCUT2D eigenvalue weighted by molar-refractivity contribution is 5.61. The third kappa shape index (κ3) is 11.0. The first-order chi connectivity index (χ1) is 7.91. The minimum absolute atomic E-state index is 0.353. The second-order valence-corrected chi connectivity index (χ2v) is 4.66. The number of carbonyl (C=O) groups excluding carboxylic acids is 1. The van der Waals surface area contributed by atoms with Crippen molar-refractivity contribution in [3.63, 3.8) is 0 Å². The van der Waals surface area contributed by atoms with E-state index in [1.165, 1.54) is 5.57 Å². The van der Waals surface area contributed by atoms with Crippen LogP contribution in [0.25, 0.3) is 0 Å². The van der Waals surface area contributed by atoms with E-state index in [0.29, 0.717) is 18.3 Å². The second-order valence-electron chi connectivity index (χ2n) is 4.66. The van der Waals surface area contributed by atoms with E-state index in [4.69, 9.17) is 4.74 Å². The highest BCUT2D eigenvalue weighted by atomic mass is 16.7. The maximum atomic E-state index is 11.0. The van der Waals surface area contributed by atoms with E-state index < -0.39 is 6.16 Å². The van der Waals surface area contributed by atoms with Gasteiger partial charge in [0, 0.05) is 0 Å². The Balaban J connectivity index is 3.57. The zero-order valence-electron chi connectivity index (χ0n) is 11.4. The lowest BCUT2D eigenvalue weighted by molar-refractivity contribution is 0.0734. The molecule has 0 aliphatic carbocycles. The van der Waals surface area contributed by atoms with Gasteiger partial charge in [-0.1, -0.05) is 25.2 Å². The monoisotopic (exact) mass is 240 g/mol. The van der Waals surface area contributed by atoms with Crippen LogP contribution in [0.4, 0.5) is 4.79 Å². The predicted molar refractivity (Wildman–Crippen MR) is 69.7 cm³/mol. The molecule has 0 saturated carbocycles. The minimum atomic E-state index is -0.658. The molecule has 0 saturated heterocycles. The molecular weight excluding hydrogens is 216 g/mol. The summed E-state index contributed by atoms with van der Waals surface area (Å²) in [6.07, 6.45) is 4.63. The van der Waals surface area contributed by atoms with Gasteiger partial charge in [0.25, 0.3) is 0 Å². The van der Waals surface area contributed by atoms with E-state index in [9.17, 15) is 4.79 Å². The van der Waals surface area contributed by atoms with Crippen LogP contribution in [0.2, 0.25) is 0 Å². The Morgan fingerprint density at radius 1 is 1.29 bits per heavy atom. The molecule has 0 spiro atoms. The molecule has 0 aromatic heterocycles. The van der Waals surface area contributed by atoms with Crippen LogP contribution in [0.5, 0.6) is 0 Å². The highest BCUT2D eigenvalue weighted by Crippen LogP contribution is 2.12. The Bertz CT molecular complexity index is 275. The quantitative estimate of drug-likeness (QED) is 0.375. The third-order valence-corrected chi connectivity index (χ3v) is 2.30. The van der Waals surface area contributed by atoms with Crippen molar-refractivity contribution in [2.24, 2.45) is 5.92 Å². The first kappa shape index (κ1) is 15.8. The van der Waals surface area contributed by atoms with Gasteiger partial charge in [-0.3, -0.25) is 0 Å². The van der Waals surface area contributed by atoms with E-state index in [1.54, 1.807) is 6.92 Å². The molecule has 0 aliphatic rings. The fourth-order valence-corrected chi connectivity index (χ4v) is 1.32. The Morgan fingerprint density at radius 2 is 1.94 bits per heavy atom. The van der Waals surface area contributed by atoms with Crippen LogP contribution >= 0.6 is 0 Å². The summed E-state index contributed by atoms with van der Waals surface area (Å²) in [4.78, 5) is 11.0. The van der Waals surface area contributed by atoms with Gasteiger partial charge in [-0.15, -0.1) is 0 Å². The first-order valence-corrected chi connectivity index (χ1v) is 6.05. The maximum Gasteiger partial charge on any atom is 0.513 e. The number of rotatable bonds is 7. The highest BCUT2D eigenvalue weighted by Gasteiger charge is 2.06. The lowest BCUT2D eigenvalue weighted by Crippen LogP contribution is -2.09. The van der Waals surface area contributed by atoms with Crippen molar-refractivity contribution >= 4 is 6.16 Å². The van der Waals surface area contributed by atoms with Crippen LogP contribution in [0, 0.1) is 5.92 Å². The van der Waals surface area contributed by atoms with Gasteiger partial charge >= 0.3 is 6.16 Å². The molecule has 1 unspecified atom stereocenters. The van der Waals surface area contributed by atoms with Crippen molar-refractivity contribution in [1.82, 2.24) is 0 Å². The molecule has 0 aromatic carbocycles. The Labute approximate surface area is 104 Å². The summed E-state index contributed by atoms with van der Waals surface area (Å²) in [6.45, 7) is 11.8. The van der Waals surface area contributed by atoms with Crippen molar-refractivity contribution in [2.45, 2.75) is 47.0 Å². The molecule has 0 bridgehead atoms. The number of hydrogen-bond acceptors (Lipinski definition) is 3. The van der Waals surface area contributed by atoms with E-state index in [-0.39, 0.29) is 0 Å². The number of carbonyl (C=O) groups is 1. The van der Waals surface area contributed by atoms with Crippen molar-refractivity contribution in [3.8, 4) is 0 Å². The molecule has 0 radical (unpaired) electrons. The van der Waals surface area contributed by atoms with Gasteiger partial charge in [0.2, 0.25) is 0 Å². The molecule has 0 N–H and O–H groups in total. The lowest BCUT2D eigenvalue weighted by Gasteiger charge is -2.10. The molecule has 17 heavy (non-hydrogen) atoms. The Morgan fingerprint density at radius 3 is 2.47 bits per heavy atom. The van der Waals surface area contributed by atoms with Gasteiger partial charge in [0.15, 0.2) is 0 Å². The summed E-state index contributed by atoms with van der Waals surface area (Å²) < 4.78 is 9.59. The maximum absolute atomic E-state index is 11.0. The molecule has 3 heteroatoms. The average molecular weight is 240 g/mol. The van der Waals surface area contributed by atoms with Gasteiger partial charge in [0.05, 0.1) is 6.61 Å². The molecular formula is C14H24O3. The van der Waals surface area contributed by atoms with Crippen LogP contribution in [-0.2, 0) is 9.47 Å². The van der Waals surface area contributed by atoms with Crippen LogP contribution in [0.1, 0.15) is 47.0 Å². The smallest absolute Gasteiger partial charge is 0.434 e. The largest absolute Gasteiger partial charge is 0.513 e. The van der Waals surface area contributed by atoms with E-state index in [0.717, 1.165) is 19.3 Å². The average Bonchev–Trinajstić information content (AvgIpc) is 2.15. The van der Waals surface area contributed by atoms with Crippen LogP contribution in [0.3, 0.4) is 0 Å². The summed E-state index contributed by atoms with van der Waals surface area (Å²) in [6, 6.07) is 0. The van der Waals surface area contributed by atoms with Gasteiger partial charge in [-0.2, -0.15) is 0 Å². The fraction of sp³-hybridized carbons (Fsp3) is 0.643. The summed E-state index contributed by atoms with van der Waals surface area (Å²) in [7, 11) is 0. The second kappa shape index (κ2) is 8.85. The van der Waals surface area contributed by atoms with Crippen molar-refractivity contribution < 1.29 is 14.3 Å². The first-order valence-electron chi connectivity index (χ1n) is 6.05. The minimum Gasteiger partial charge on any atom is -0.434 e. The van der Waals surface area contributed by atoms with Gasteiger partial charge in [0.1, 0.15) is 5.76 Å². The zero-order chi connectivity index (χ0) is 13.3. The third-order valence-electron chi connectivity index (χ3n) is 2.30.